The maximum absolute atomic E-state index is 11.0. The molecule has 74 valence electrons. The van der Waals surface area contributed by atoms with Gasteiger partial charge in [-0.15, -0.1) is 0 Å². The van der Waals surface area contributed by atoms with E-state index in [1.807, 2.05) is 19.1 Å². The molecule has 4 heteroatoms. The number of rotatable bonds is 1. The number of urea groups is 1. The second-order valence-corrected chi connectivity index (χ2v) is 3.69. The van der Waals surface area contributed by atoms with Crippen LogP contribution < -0.4 is 10.6 Å². The Labute approximate surface area is 81.9 Å². The second-order valence-electron chi connectivity index (χ2n) is 3.69. The molecular formula is C10H12N2O2. The first-order chi connectivity index (χ1) is 6.60. The molecule has 0 aromatic heterocycles. The molecule has 0 radical (unpaired) electrons. The number of carbonyl (C=O) groups is 1. The molecule has 14 heavy (non-hydrogen) atoms. The lowest BCUT2D eigenvalue weighted by Gasteiger charge is -2.22. The van der Waals surface area contributed by atoms with Gasteiger partial charge >= 0.3 is 6.03 Å². The number of phenolic OH excluding ortho intramolecular Hbond substituents is 1. The third-order valence-electron chi connectivity index (χ3n) is 2.50. The van der Waals surface area contributed by atoms with E-state index in [0.717, 1.165) is 5.56 Å². The Morgan fingerprint density at radius 3 is 2.50 bits per heavy atom. The molecule has 1 fully saturated rings. The van der Waals surface area contributed by atoms with Crippen molar-refractivity contribution in [3.63, 3.8) is 0 Å². The molecule has 1 heterocycles. The second kappa shape index (κ2) is 2.90. The predicted molar refractivity (Wildman–Crippen MR) is 52.0 cm³/mol. The molecule has 1 aliphatic rings. The number of nitrogens with one attached hydrogen (secondary N) is 2. The minimum atomic E-state index is -0.370. The van der Waals surface area contributed by atoms with Gasteiger partial charge in [-0.1, -0.05) is 12.1 Å². The van der Waals surface area contributed by atoms with Crippen molar-refractivity contribution in [3.8, 4) is 5.75 Å². The largest absolute Gasteiger partial charge is 0.508 e. The van der Waals surface area contributed by atoms with Gasteiger partial charge in [0.15, 0.2) is 0 Å². The molecule has 1 unspecified atom stereocenters. The topological polar surface area (TPSA) is 61.4 Å². The highest BCUT2D eigenvalue weighted by Gasteiger charge is 2.34. The van der Waals surface area contributed by atoms with Gasteiger partial charge in [0.1, 0.15) is 5.75 Å². The first-order valence-corrected chi connectivity index (χ1v) is 4.46. The van der Waals surface area contributed by atoms with Crippen LogP contribution in [-0.2, 0) is 5.54 Å². The summed E-state index contributed by atoms with van der Waals surface area (Å²) in [7, 11) is 0. The van der Waals surface area contributed by atoms with Crippen LogP contribution in [0.2, 0.25) is 0 Å². The summed E-state index contributed by atoms with van der Waals surface area (Å²) in [5.74, 6) is 0.231. The molecule has 1 aliphatic heterocycles. The minimum absolute atomic E-state index is 0.152. The van der Waals surface area contributed by atoms with Crippen LogP contribution in [0.25, 0.3) is 0 Å². The summed E-state index contributed by atoms with van der Waals surface area (Å²) in [5.41, 5.74) is 0.610. The lowest BCUT2D eigenvalue weighted by Crippen LogP contribution is -2.37. The van der Waals surface area contributed by atoms with E-state index in [1.165, 1.54) is 0 Å². The van der Waals surface area contributed by atoms with E-state index < -0.39 is 0 Å². The third-order valence-corrected chi connectivity index (χ3v) is 2.50. The third kappa shape index (κ3) is 1.39. The number of hydrogen-bond acceptors (Lipinski definition) is 2. The Kier molecular flexibility index (Phi) is 1.84. The van der Waals surface area contributed by atoms with E-state index >= 15 is 0 Å². The van der Waals surface area contributed by atoms with Crippen molar-refractivity contribution in [1.29, 1.82) is 0 Å². The Morgan fingerprint density at radius 2 is 2.00 bits per heavy atom. The zero-order chi connectivity index (χ0) is 10.2. The van der Waals surface area contributed by atoms with Crippen molar-refractivity contribution < 1.29 is 9.90 Å². The molecule has 0 aliphatic carbocycles. The lowest BCUT2D eigenvalue weighted by atomic mass is 9.93. The van der Waals surface area contributed by atoms with Gasteiger partial charge in [-0.25, -0.2) is 4.79 Å². The van der Waals surface area contributed by atoms with E-state index in [9.17, 15) is 4.79 Å². The molecule has 1 atom stereocenters. The molecular weight excluding hydrogens is 180 g/mol. The monoisotopic (exact) mass is 192 g/mol. The number of benzene rings is 1. The summed E-state index contributed by atoms with van der Waals surface area (Å²) in [4.78, 5) is 11.0. The number of amides is 2. The van der Waals surface area contributed by atoms with Crippen molar-refractivity contribution in [3.05, 3.63) is 29.8 Å². The van der Waals surface area contributed by atoms with Crippen molar-refractivity contribution in [2.45, 2.75) is 12.5 Å². The Morgan fingerprint density at radius 1 is 1.36 bits per heavy atom. The number of hydrogen-bond donors (Lipinski definition) is 3. The van der Waals surface area contributed by atoms with Crippen molar-refractivity contribution in [1.82, 2.24) is 10.6 Å². The number of aromatic hydroxyl groups is 1. The van der Waals surface area contributed by atoms with Gasteiger partial charge in [-0.05, 0) is 24.6 Å². The van der Waals surface area contributed by atoms with Crippen molar-refractivity contribution in [2.24, 2.45) is 0 Å². The van der Waals surface area contributed by atoms with E-state index in [4.69, 9.17) is 5.11 Å². The zero-order valence-corrected chi connectivity index (χ0v) is 7.87. The van der Waals surface area contributed by atoms with Crippen LogP contribution >= 0.6 is 0 Å². The van der Waals surface area contributed by atoms with Gasteiger partial charge < -0.3 is 15.7 Å². The summed E-state index contributed by atoms with van der Waals surface area (Å²) in [6.07, 6.45) is 0. The van der Waals surface area contributed by atoms with Crippen molar-refractivity contribution in [2.75, 3.05) is 6.54 Å². The van der Waals surface area contributed by atoms with Gasteiger partial charge in [-0.2, -0.15) is 0 Å². The molecule has 1 saturated heterocycles. The van der Waals surface area contributed by atoms with Crippen LogP contribution in [0.15, 0.2) is 24.3 Å². The molecule has 2 rings (SSSR count). The quantitative estimate of drug-likeness (QED) is 0.619. The van der Waals surface area contributed by atoms with E-state index in [-0.39, 0.29) is 17.3 Å². The normalized spacial score (nSPS) is 25.6. The first-order valence-electron chi connectivity index (χ1n) is 4.46. The van der Waals surface area contributed by atoms with Crippen LogP contribution in [0.5, 0.6) is 5.75 Å². The molecule has 3 N–H and O–H groups in total. The fraction of sp³-hybridized carbons (Fsp3) is 0.300. The van der Waals surface area contributed by atoms with Crippen LogP contribution in [0.3, 0.4) is 0 Å². The fourth-order valence-corrected chi connectivity index (χ4v) is 1.60. The summed E-state index contributed by atoms with van der Waals surface area (Å²) >= 11 is 0. The highest BCUT2D eigenvalue weighted by atomic mass is 16.3. The van der Waals surface area contributed by atoms with Crippen LogP contribution in [0, 0.1) is 0 Å². The molecule has 1 aromatic carbocycles. The molecule has 4 nitrogen and oxygen atoms in total. The average molecular weight is 192 g/mol. The van der Waals surface area contributed by atoms with E-state index in [0.29, 0.717) is 6.54 Å². The zero-order valence-electron chi connectivity index (χ0n) is 7.87. The maximum Gasteiger partial charge on any atom is 0.315 e. The molecule has 0 bridgehead atoms. The standard InChI is InChI=1S/C10H12N2O2/c1-10(6-11-9(14)12-10)7-2-4-8(13)5-3-7/h2-5,13H,6H2,1H3,(H2,11,12,14). The maximum atomic E-state index is 11.0. The smallest absolute Gasteiger partial charge is 0.315 e. The SMILES string of the molecule is CC1(c2ccc(O)cc2)CNC(=O)N1. The Balaban J connectivity index is 2.30. The fourth-order valence-electron chi connectivity index (χ4n) is 1.60. The highest BCUT2D eigenvalue weighted by Crippen LogP contribution is 2.24. The number of phenols is 1. The lowest BCUT2D eigenvalue weighted by molar-refractivity contribution is 0.245. The predicted octanol–water partition coefficient (Wildman–Crippen LogP) is 0.920. The van der Waals surface area contributed by atoms with Gasteiger partial charge in [0.25, 0.3) is 0 Å². The molecule has 0 saturated carbocycles. The van der Waals surface area contributed by atoms with Crippen LogP contribution in [0.4, 0.5) is 4.79 Å². The van der Waals surface area contributed by atoms with Gasteiger partial charge in [-0.3, -0.25) is 0 Å². The number of carbonyl (C=O) groups excluding carboxylic acids is 1. The Bertz CT molecular complexity index is 361. The first kappa shape index (κ1) is 8.87. The van der Waals surface area contributed by atoms with Crippen LogP contribution in [0.1, 0.15) is 12.5 Å². The van der Waals surface area contributed by atoms with Gasteiger partial charge in [0.2, 0.25) is 0 Å². The summed E-state index contributed by atoms with van der Waals surface area (Å²) in [6, 6.07) is 6.70. The summed E-state index contributed by atoms with van der Waals surface area (Å²) in [5, 5.41) is 14.7. The van der Waals surface area contributed by atoms with Gasteiger partial charge in [0, 0.05) is 6.54 Å². The summed E-state index contributed by atoms with van der Waals surface area (Å²) in [6.45, 7) is 2.51. The van der Waals surface area contributed by atoms with Crippen molar-refractivity contribution >= 4 is 6.03 Å². The van der Waals surface area contributed by atoms with E-state index in [1.54, 1.807) is 12.1 Å². The molecule has 0 spiro atoms. The highest BCUT2D eigenvalue weighted by molar-refractivity contribution is 5.77. The van der Waals surface area contributed by atoms with Gasteiger partial charge in [0.05, 0.1) is 5.54 Å². The average Bonchev–Trinajstić information content (AvgIpc) is 2.48. The van der Waals surface area contributed by atoms with Crippen LogP contribution in [-0.4, -0.2) is 17.7 Å². The molecule has 2 amide bonds. The molecule has 1 aromatic rings. The minimum Gasteiger partial charge on any atom is -0.508 e. The van der Waals surface area contributed by atoms with E-state index in [2.05, 4.69) is 10.6 Å². The summed E-state index contributed by atoms with van der Waals surface area (Å²) < 4.78 is 0. The Hall–Kier alpha value is -1.71.